The van der Waals surface area contributed by atoms with Crippen LogP contribution in [0, 0.1) is 0 Å². The van der Waals surface area contributed by atoms with Crippen LogP contribution in [0.3, 0.4) is 0 Å². The molecule has 162 valence electrons. The van der Waals surface area contributed by atoms with E-state index in [1.807, 2.05) is 24.3 Å². The molecule has 0 aliphatic heterocycles. The lowest BCUT2D eigenvalue weighted by atomic mass is 10.0. The van der Waals surface area contributed by atoms with Gasteiger partial charge in [0.1, 0.15) is 12.1 Å². The van der Waals surface area contributed by atoms with Crippen LogP contribution in [0.15, 0.2) is 48.5 Å². The van der Waals surface area contributed by atoms with Gasteiger partial charge in [-0.15, -0.1) is 0 Å². The maximum atomic E-state index is 12.4. The number of hydrogen-bond acceptors (Lipinski definition) is 5. The van der Waals surface area contributed by atoms with Gasteiger partial charge < -0.3 is 16.4 Å². The zero-order valence-corrected chi connectivity index (χ0v) is 16.4. The lowest BCUT2D eigenvalue weighted by molar-refractivity contribution is -0.134. The Hall–Kier alpha value is -3.23. The van der Waals surface area contributed by atoms with E-state index in [0.717, 1.165) is 17.5 Å². The number of hydroxylamine groups is 1. The van der Waals surface area contributed by atoms with Crippen molar-refractivity contribution >= 4 is 17.7 Å². The largest absolute Gasteiger partial charge is 0.341 e. The normalized spacial score (nSPS) is 12.1. The lowest BCUT2D eigenvalue weighted by Gasteiger charge is -2.19. The number of rotatable bonds is 8. The molecule has 2 aromatic carbocycles. The fraction of sp³-hybridized carbons (Fsp3) is 0.318. The van der Waals surface area contributed by atoms with Crippen LogP contribution in [0.5, 0.6) is 0 Å². The molecule has 0 saturated carbocycles. The van der Waals surface area contributed by atoms with E-state index in [1.165, 1.54) is 18.0 Å². The predicted molar refractivity (Wildman–Crippen MR) is 116 cm³/mol. The van der Waals surface area contributed by atoms with E-state index < -0.39 is 29.8 Å². The molecule has 0 heterocycles. The topological polar surface area (TPSA) is 134 Å². The highest BCUT2D eigenvalue weighted by atomic mass is 16.5. The van der Waals surface area contributed by atoms with Gasteiger partial charge in [-0.25, -0.2) is 5.48 Å². The molecule has 0 radical (unpaired) electrons. The van der Waals surface area contributed by atoms with Gasteiger partial charge in [-0.2, -0.15) is 0 Å². The number of amides is 3. The van der Waals surface area contributed by atoms with Crippen LogP contribution in [0.25, 0.3) is 11.1 Å². The Balaban J connectivity index is 0.00000450. The summed E-state index contributed by atoms with van der Waals surface area (Å²) in [6, 6.07) is 13.3. The molecule has 0 fully saturated rings. The number of carbonyl (C=O) groups is 3. The van der Waals surface area contributed by atoms with Gasteiger partial charge in [0, 0.05) is 12.1 Å². The first-order chi connectivity index (χ1) is 13.9. The van der Waals surface area contributed by atoms with Crippen LogP contribution in [-0.2, 0) is 16.0 Å². The molecule has 8 nitrogen and oxygen atoms in total. The molecule has 0 unspecified atom stereocenters. The predicted octanol–water partition coefficient (Wildman–Crippen LogP) is 1.62. The first-order valence-electron chi connectivity index (χ1n) is 9.34. The Morgan fingerprint density at radius 2 is 1.47 bits per heavy atom. The Morgan fingerprint density at radius 3 is 1.93 bits per heavy atom. The monoisotopic (exact) mass is 414 g/mol. The fourth-order valence-corrected chi connectivity index (χ4v) is 2.70. The molecule has 8 heteroatoms. The highest BCUT2D eigenvalue weighted by molar-refractivity contribution is 5.98. The summed E-state index contributed by atoms with van der Waals surface area (Å²) in [7, 11) is 0. The van der Waals surface area contributed by atoms with Gasteiger partial charge in [0.05, 0.1) is 0 Å². The summed E-state index contributed by atoms with van der Waals surface area (Å²) in [5, 5.41) is 13.6. The third kappa shape index (κ3) is 6.40. The van der Waals surface area contributed by atoms with Crippen molar-refractivity contribution in [3.8, 4) is 11.1 Å². The SMILES string of the molecule is C.CCc1ccc(-c2ccc(C(=O)N[C@@H](C)C(=O)N[C@@H](CN)C(=O)NO)cc2)cc1. The number of nitrogens with two attached hydrogens (primary N) is 1. The molecule has 0 saturated heterocycles. The van der Waals surface area contributed by atoms with Crippen molar-refractivity contribution < 1.29 is 19.6 Å². The molecule has 2 rings (SSSR count). The summed E-state index contributed by atoms with van der Waals surface area (Å²) < 4.78 is 0. The second-order valence-electron chi connectivity index (χ2n) is 6.60. The summed E-state index contributed by atoms with van der Waals surface area (Å²) in [6.45, 7) is 3.39. The molecule has 6 N–H and O–H groups in total. The van der Waals surface area contributed by atoms with Crippen LogP contribution in [-0.4, -0.2) is 41.6 Å². The molecule has 0 aromatic heterocycles. The molecule has 30 heavy (non-hydrogen) atoms. The molecule has 0 spiro atoms. The van der Waals surface area contributed by atoms with E-state index in [2.05, 4.69) is 29.7 Å². The average Bonchev–Trinajstić information content (AvgIpc) is 2.76. The Morgan fingerprint density at radius 1 is 0.933 bits per heavy atom. The minimum absolute atomic E-state index is 0. The Bertz CT molecular complexity index is 850. The third-order valence-electron chi connectivity index (χ3n) is 4.56. The maximum Gasteiger partial charge on any atom is 0.267 e. The van der Waals surface area contributed by atoms with E-state index in [4.69, 9.17) is 10.9 Å². The zero-order valence-electron chi connectivity index (χ0n) is 16.4. The molecular formula is C22H30N4O4. The number of aryl methyl sites for hydroxylation is 1. The van der Waals surface area contributed by atoms with Crippen molar-refractivity contribution in [1.29, 1.82) is 0 Å². The molecule has 2 atom stereocenters. The molecule has 0 aliphatic rings. The zero-order chi connectivity index (χ0) is 21.4. The standard InChI is InChI=1S/C21H26N4O4.CH4/c1-3-14-4-6-15(7-5-14)16-8-10-17(11-9-16)20(27)23-13(2)19(26)24-18(12-22)21(28)25-29;/h4-11,13,18,29H,3,12,22H2,1-2H3,(H,23,27)(H,24,26)(H,25,28);1H4/t13-,18-;/m0./s1. The second-order valence-corrected chi connectivity index (χ2v) is 6.60. The third-order valence-corrected chi connectivity index (χ3v) is 4.56. The van der Waals surface area contributed by atoms with Crippen molar-refractivity contribution in [2.45, 2.75) is 39.8 Å². The van der Waals surface area contributed by atoms with Gasteiger partial charge in [0.25, 0.3) is 11.8 Å². The van der Waals surface area contributed by atoms with Crippen molar-refractivity contribution in [3.63, 3.8) is 0 Å². The van der Waals surface area contributed by atoms with Gasteiger partial charge in [-0.05, 0) is 42.2 Å². The second kappa shape index (κ2) is 11.7. The molecule has 2 aromatic rings. The quantitative estimate of drug-likeness (QED) is 0.331. The van der Waals surface area contributed by atoms with Crippen molar-refractivity contribution in [1.82, 2.24) is 16.1 Å². The van der Waals surface area contributed by atoms with Crippen molar-refractivity contribution in [3.05, 3.63) is 59.7 Å². The van der Waals surface area contributed by atoms with E-state index >= 15 is 0 Å². The number of carbonyl (C=O) groups excluding carboxylic acids is 3. The summed E-state index contributed by atoms with van der Waals surface area (Å²) in [4.78, 5) is 35.9. The molecule has 0 aliphatic carbocycles. The average molecular weight is 415 g/mol. The minimum Gasteiger partial charge on any atom is -0.341 e. The van der Waals surface area contributed by atoms with Gasteiger partial charge >= 0.3 is 0 Å². The first kappa shape index (κ1) is 24.8. The van der Waals surface area contributed by atoms with Crippen molar-refractivity contribution in [2.24, 2.45) is 5.73 Å². The van der Waals surface area contributed by atoms with Gasteiger partial charge in [0.15, 0.2) is 0 Å². The smallest absolute Gasteiger partial charge is 0.267 e. The van der Waals surface area contributed by atoms with E-state index in [1.54, 1.807) is 12.1 Å². The van der Waals surface area contributed by atoms with Crippen molar-refractivity contribution in [2.75, 3.05) is 6.54 Å². The summed E-state index contributed by atoms with van der Waals surface area (Å²) in [5.41, 5.74) is 10.5. The van der Waals surface area contributed by atoms with E-state index in [0.29, 0.717) is 5.56 Å². The lowest BCUT2D eigenvalue weighted by Crippen LogP contribution is -2.55. The van der Waals surface area contributed by atoms with Crippen LogP contribution in [0.2, 0.25) is 0 Å². The van der Waals surface area contributed by atoms with Crippen LogP contribution in [0.1, 0.15) is 37.2 Å². The first-order valence-corrected chi connectivity index (χ1v) is 9.34. The molecular weight excluding hydrogens is 384 g/mol. The van der Waals surface area contributed by atoms with Crippen LogP contribution < -0.4 is 21.8 Å². The van der Waals surface area contributed by atoms with Gasteiger partial charge in [-0.1, -0.05) is 50.7 Å². The summed E-state index contributed by atoms with van der Waals surface area (Å²) in [5.74, 6) is -1.84. The summed E-state index contributed by atoms with van der Waals surface area (Å²) >= 11 is 0. The number of benzene rings is 2. The van der Waals surface area contributed by atoms with E-state index in [-0.39, 0.29) is 14.0 Å². The molecule has 3 amide bonds. The minimum atomic E-state index is -1.09. The van der Waals surface area contributed by atoms with Crippen LogP contribution in [0.4, 0.5) is 0 Å². The Labute approximate surface area is 176 Å². The number of nitrogens with one attached hydrogen (secondary N) is 3. The van der Waals surface area contributed by atoms with E-state index in [9.17, 15) is 14.4 Å². The Kier molecular flexibility index (Phi) is 9.67. The van der Waals surface area contributed by atoms with Gasteiger partial charge in [-0.3, -0.25) is 19.6 Å². The maximum absolute atomic E-state index is 12.4. The highest BCUT2D eigenvalue weighted by Gasteiger charge is 2.23. The van der Waals surface area contributed by atoms with Gasteiger partial charge in [0.2, 0.25) is 5.91 Å². The fourth-order valence-electron chi connectivity index (χ4n) is 2.70. The van der Waals surface area contributed by atoms with Crippen LogP contribution >= 0.6 is 0 Å². The number of hydrogen-bond donors (Lipinski definition) is 5. The highest BCUT2D eigenvalue weighted by Crippen LogP contribution is 2.20. The molecule has 0 bridgehead atoms. The summed E-state index contributed by atoms with van der Waals surface area (Å²) in [6.07, 6.45) is 0.974.